The highest BCUT2D eigenvalue weighted by atomic mass is 79.9. The van der Waals surface area contributed by atoms with Gasteiger partial charge in [0, 0.05) is 23.5 Å². The molecule has 0 atom stereocenters. The van der Waals surface area contributed by atoms with E-state index in [1.54, 1.807) is 0 Å². The van der Waals surface area contributed by atoms with E-state index in [-0.39, 0.29) is 12.3 Å². The summed E-state index contributed by atoms with van der Waals surface area (Å²) in [6.45, 7) is 7.98. The highest BCUT2D eigenvalue weighted by Crippen LogP contribution is 2.18. The predicted octanol–water partition coefficient (Wildman–Crippen LogP) is 4.73. The van der Waals surface area contributed by atoms with Crippen molar-refractivity contribution in [1.82, 2.24) is 14.9 Å². The highest BCUT2D eigenvalue weighted by Gasteiger charge is 2.09. The number of carbonyl (C=O) groups excluding carboxylic acids is 1. The molecule has 0 bridgehead atoms. The van der Waals surface area contributed by atoms with Gasteiger partial charge in [0.2, 0.25) is 5.91 Å². The molecule has 32 heavy (non-hydrogen) atoms. The van der Waals surface area contributed by atoms with E-state index in [2.05, 4.69) is 50.0 Å². The van der Waals surface area contributed by atoms with Crippen LogP contribution in [-0.4, -0.2) is 47.0 Å². The normalized spacial score (nSPS) is 10.9. The lowest BCUT2D eigenvalue weighted by Crippen LogP contribution is -2.27. The van der Waals surface area contributed by atoms with E-state index < -0.39 is 0 Å². The first-order chi connectivity index (χ1) is 15.6. The van der Waals surface area contributed by atoms with Gasteiger partial charge < -0.3 is 15.0 Å². The summed E-state index contributed by atoms with van der Waals surface area (Å²) in [7, 11) is 0. The largest absolute Gasteiger partial charge is 0.492 e. The number of nitrogens with zero attached hydrogens (tertiary/aromatic N) is 3. The molecule has 1 amide bonds. The maximum absolute atomic E-state index is 12.4. The first-order valence-electron chi connectivity index (χ1n) is 10.9. The smallest absolute Gasteiger partial charge is 0.229 e. The zero-order valence-electron chi connectivity index (χ0n) is 18.6. The lowest BCUT2D eigenvalue weighted by molar-refractivity contribution is -0.115. The number of aromatic nitrogens is 2. The molecule has 0 saturated heterocycles. The number of nitrogens with one attached hydrogen (secondary N) is 1. The minimum atomic E-state index is -0.118. The van der Waals surface area contributed by atoms with E-state index >= 15 is 0 Å². The van der Waals surface area contributed by atoms with Gasteiger partial charge in [-0.15, -0.1) is 0 Å². The Balaban J connectivity index is 1.53. The van der Waals surface area contributed by atoms with Crippen molar-refractivity contribution >= 4 is 27.7 Å². The first-order valence-corrected chi connectivity index (χ1v) is 11.6. The summed E-state index contributed by atoms with van der Waals surface area (Å²) in [4.78, 5) is 23.3. The molecule has 6 nitrogen and oxygen atoms in total. The zero-order chi connectivity index (χ0) is 22.8. The third kappa shape index (κ3) is 7.43. The van der Waals surface area contributed by atoms with Crippen molar-refractivity contribution in [2.75, 3.05) is 31.6 Å². The minimum Gasteiger partial charge on any atom is -0.492 e. The van der Waals surface area contributed by atoms with Crippen LogP contribution in [0.15, 0.2) is 65.4 Å². The van der Waals surface area contributed by atoms with Gasteiger partial charge in [0.15, 0.2) is 0 Å². The molecule has 0 aliphatic carbocycles. The number of ether oxygens (including phenoxy) is 1. The SMILES string of the molecule is CCN(CC)CCOc1ccc(Cc2cc(NC(=O)Cc3ccccc3Br)ncn2)cc1. The Bertz CT molecular complexity index is 1010. The summed E-state index contributed by atoms with van der Waals surface area (Å²) >= 11 is 3.47. The Morgan fingerprint density at radius 1 is 1.06 bits per heavy atom. The molecule has 168 valence electrons. The summed E-state index contributed by atoms with van der Waals surface area (Å²) in [5.41, 5.74) is 2.88. The number of rotatable bonds is 11. The van der Waals surface area contributed by atoms with Crippen molar-refractivity contribution < 1.29 is 9.53 Å². The highest BCUT2D eigenvalue weighted by molar-refractivity contribution is 9.10. The standard InChI is InChI=1S/C25H29BrN4O2/c1-3-30(4-2)13-14-32-22-11-9-19(10-12-22)15-21-17-24(28-18-27-21)29-25(31)16-20-7-5-6-8-23(20)26/h5-12,17-18H,3-4,13-16H2,1-2H3,(H,27,28,29,31). The van der Waals surface area contributed by atoms with Crippen LogP contribution in [0.2, 0.25) is 0 Å². The summed E-state index contributed by atoms with van der Waals surface area (Å²) in [5, 5.41) is 2.86. The Morgan fingerprint density at radius 3 is 2.53 bits per heavy atom. The number of amides is 1. The molecule has 1 N–H and O–H groups in total. The topological polar surface area (TPSA) is 67.3 Å². The van der Waals surface area contributed by atoms with Crippen LogP contribution < -0.4 is 10.1 Å². The van der Waals surface area contributed by atoms with Gasteiger partial charge in [-0.3, -0.25) is 4.79 Å². The summed E-state index contributed by atoms with van der Waals surface area (Å²) in [5.74, 6) is 1.25. The number of benzene rings is 2. The van der Waals surface area contributed by atoms with Crippen molar-refractivity contribution in [3.63, 3.8) is 0 Å². The van der Waals surface area contributed by atoms with Gasteiger partial charge in [0.05, 0.1) is 12.1 Å². The molecule has 3 aromatic rings. The van der Waals surface area contributed by atoms with E-state index in [0.29, 0.717) is 18.8 Å². The average molecular weight is 497 g/mol. The van der Waals surface area contributed by atoms with E-state index in [1.165, 1.54) is 6.33 Å². The molecule has 0 spiro atoms. The molecule has 7 heteroatoms. The molecule has 1 heterocycles. The van der Waals surface area contributed by atoms with Gasteiger partial charge in [-0.2, -0.15) is 0 Å². The second kappa shape index (κ2) is 12.3. The molecule has 0 fully saturated rings. The lowest BCUT2D eigenvalue weighted by Gasteiger charge is -2.18. The fraction of sp³-hybridized carbons (Fsp3) is 0.320. The van der Waals surface area contributed by atoms with Crippen LogP contribution in [0.4, 0.5) is 5.82 Å². The van der Waals surface area contributed by atoms with Crippen molar-refractivity contribution in [1.29, 1.82) is 0 Å². The van der Waals surface area contributed by atoms with Gasteiger partial charge in [0.25, 0.3) is 0 Å². The van der Waals surface area contributed by atoms with Gasteiger partial charge >= 0.3 is 0 Å². The van der Waals surface area contributed by atoms with Crippen molar-refractivity contribution in [3.8, 4) is 5.75 Å². The summed E-state index contributed by atoms with van der Waals surface area (Å²) in [6.07, 6.45) is 2.40. The van der Waals surface area contributed by atoms with Gasteiger partial charge in [-0.05, 0) is 42.4 Å². The zero-order valence-corrected chi connectivity index (χ0v) is 20.1. The molecule has 1 aromatic heterocycles. The molecule has 0 aliphatic heterocycles. The molecule has 0 aliphatic rings. The van der Waals surface area contributed by atoms with Crippen LogP contribution in [0, 0.1) is 0 Å². The Labute approximate surface area is 198 Å². The molecule has 3 rings (SSSR count). The number of hydrogen-bond donors (Lipinski definition) is 1. The van der Waals surface area contributed by atoms with Crippen LogP contribution >= 0.6 is 15.9 Å². The lowest BCUT2D eigenvalue weighted by atomic mass is 10.1. The summed E-state index contributed by atoms with van der Waals surface area (Å²) in [6, 6.07) is 17.5. The number of halogens is 1. The van der Waals surface area contributed by atoms with Crippen LogP contribution in [0.25, 0.3) is 0 Å². The van der Waals surface area contributed by atoms with Gasteiger partial charge in [-0.25, -0.2) is 9.97 Å². The van der Waals surface area contributed by atoms with E-state index in [0.717, 1.165) is 46.7 Å². The van der Waals surface area contributed by atoms with Crippen molar-refractivity contribution in [2.45, 2.75) is 26.7 Å². The molecular weight excluding hydrogens is 468 g/mol. The second-order valence-corrected chi connectivity index (χ2v) is 8.26. The monoisotopic (exact) mass is 496 g/mol. The third-order valence-electron chi connectivity index (χ3n) is 5.18. The Kier molecular flexibility index (Phi) is 9.19. The second-order valence-electron chi connectivity index (χ2n) is 7.41. The molecule has 0 saturated carbocycles. The number of hydrogen-bond acceptors (Lipinski definition) is 5. The third-order valence-corrected chi connectivity index (χ3v) is 5.95. The minimum absolute atomic E-state index is 0.118. The Hall–Kier alpha value is -2.77. The quantitative estimate of drug-likeness (QED) is 0.415. The van der Waals surface area contributed by atoms with Crippen molar-refractivity contribution in [2.24, 2.45) is 0 Å². The van der Waals surface area contributed by atoms with Crippen LogP contribution in [-0.2, 0) is 17.6 Å². The molecular formula is C25H29BrN4O2. The Morgan fingerprint density at radius 2 is 1.81 bits per heavy atom. The maximum atomic E-state index is 12.4. The predicted molar refractivity (Wildman–Crippen MR) is 131 cm³/mol. The fourth-order valence-electron chi connectivity index (χ4n) is 3.31. The van der Waals surface area contributed by atoms with E-state index in [9.17, 15) is 4.79 Å². The fourth-order valence-corrected chi connectivity index (χ4v) is 3.73. The van der Waals surface area contributed by atoms with Crippen LogP contribution in [0.3, 0.4) is 0 Å². The molecule has 0 radical (unpaired) electrons. The molecule has 2 aromatic carbocycles. The summed E-state index contributed by atoms with van der Waals surface area (Å²) < 4.78 is 6.76. The van der Waals surface area contributed by atoms with Gasteiger partial charge in [0.1, 0.15) is 24.5 Å². The van der Waals surface area contributed by atoms with Gasteiger partial charge in [-0.1, -0.05) is 60.1 Å². The molecule has 0 unspecified atom stereocenters. The van der Waals surface area contributed by atoms with E-state index in [1.807, 2.05) is 54.6 Å². The number of likely N-dealkylation sites (N-methyl/N-ethyl adjacent to an activating group) is 1. The first kappa shape index (κ1) is 23.9. The number of carbonyl (C=O) groups is 1. The maximum Gasteiger partial charge on any atom is 0.229 e. The van der Waals surface area contributed by atoms with Crippen LogP contribution in [0.5, 0.6) is 5.75 Å². The van der Waals surface area contributed by atoms with Crippen LogP contribution in [0.1, 0.15) is 30.7 Å². The average Bonchev–Trinajstić information content (AvgIpc) is 2.80. The number of anilines is 1. The van der Waals surface area contributed by atoms with Crippen molar-refractivity contribution in [3.05, 3.63) is 82.2 Å². The van der Waals surface area contributed by atoms with E-state index in [4.69, 9.17) is 4.74 Å².